The van der Waals surface area contributed by atoms with Crippen LogP contribution >= 0.6 is 0 Å². The van der Waals surface area contributed by atoms with Crippen molar-refractivity contribution in [1.82, 2.24) is 14.1 Å². The number of aryl methyl sites for hydroxylation is 1. The van der Waals surface area contributed by atoms with E-state index in [4.69, 9.17) is 0 Å². The summed E-state index contributed by atoms with van der Waals surface area (Å²) >= 11 is 0. The van der Waals surface area contributed by atoms with Crippen molar-refractivity contribution in [2.45, 2.75) is 30.7 Å². The maximum Gasteiger partial charge on any atom is 0.243 e. The molecule has 1 amide bonds. The summed E-state index contributed by atoms with van der Waals surface area (Å²) in [7, 11) is -6.73. The first kappa shape index (κ1) is 22.2. The molecule has 2 aliphatic rings. The second-order valence-corrected chi connectivity index (χ2v) is 12.0. The van der Waals surface area contributed by atoms with E-state index in [1.165, 1.54) is 10.6 Å². The van der Waals surface area contributed by atoms with E-state index in [9.17, 15) is 21.6 Å². The number of carbonyl (C=O) groups excluding carboxylic acids is 1. The summed E-state index contributed by atoms with van der Waals surface area (Å²) < 4.78 is 50.1. The van der Waals surface area contributed by atoms with E-state index in [0.29, 0.717) is 52.1 Å². The molecule has 2 heterocycles. The van der Waals surface area contributed by atoms with Gasteiger partial charge in [0.2, 0.25) is 15.9 Å². The standard InChI is InChI=1S/C19H29N3O5S2/c1-16-5-7-17(8-6-16)29(26,27)22-9-3-4-18(22)19(23)21-12-10-20(11-13-21)14-15-28(2,24)25/h5-8,18H,3-4,9-15H2,1-2H3/t18-/m0/s1. The lowest BCUT2D eigenvalue weighted by Crippen LogP contribution is -2.54. The lowest BCUT2D eigenvalue weighted by molar-refractivity contribution is -0.136. The summed E-state index contributed by atoms with van der Waals surface area (Å²) in [5.41, 5.74) is 0.978. The Bertz CT molecular complexity index is 937. The molecule has 0 aliphatic carbocycles. The molecular weight excluding hydrogens is 414 g/mol. The van der Waals surface area contributed by atoms with E-state index in [1.54, 1.807) is 29.2 Å². The van der Waals surface area contributed by atoms with Gasteiger partial charge in [0, 0.05) is 45.5 Å². The Morgan fingerprint density at radius 2 is 1.62 bits per heavy atom. The van der Waals surface area contributed by atoms with Crippen LogP contribution in [0, 0.1) is 6.92 Å². The van der Waals surface area contributed by atoms with Gasteiger partial charge in [0.25, 0.3) is 0 Å². The minimum atomic E-state index is -3.72. The molecule has 0 unspecified atom stereocenters. The molecule has 3 rings (SSSR count). The lowest BCUT2D eigenvalue weighted by Gasteiger charge is -2.37. The van der Waals surface area contributed by atoms with Crippen LogP contribution in [0.4, 0.5) is 0 Å². The molecule has 0 spiro atoms. The number of benzene rings is 1. The molecule has 0 radical (unpaired) electrons. The second kappa shape index (κ2) is 8.71. The average molecular weight is 444 g/mol. The van der Waals surface area contributed by atoms with Crippen molar-refractivity contribution in [3.8, 4) is 0 Å². The van der Waals surface area contributed by atoms with Crippen LogP contribution in [-0.2, 0) is 24.7 Å². The van der Waals surface area contributed by atoms with Crippen molar-refractivity contribution in [3.05, 3.63) is 29.8 Å². The third kappa shape index (κ3) is 5.36. The SMILES string of the molecule is Cc1ccc(S(=O)(=O)N2CCC[C@H]2C(=O)N2CCN(CCS(C)(=O)=O)CC2)cc1. The zero-order valence-electron chi connectivity index (χ0n) is 17.0. The highest BCUT2D eigenvalue weighted by Crippen LogP contribution is 2.27. The van der Waals surface area contributed by atoms with E-state index in [0.717, 1.165) is 5.56 Å². The molecule has 0 N–H and O–H groups in total. The van der Waals surface area contributed by atoms with Crippen LogP contribution in [0.2, 0.25) is 0 Å². The average Bonchev–Trinajstić information content (AvgIpc) is 3.17. The summed E-state index contributed by atoms with van der Waals surface area (Å²) in [6.45, 7) is 4.86. The molecule has 2 saturated heterocycles. The van der Waals surface area contributed by atoms with Crippen LogP contribution in [0.5, 0.6) is 0 Å². The molecule has 0 saturated carbocycles. The number of rotatable bonds is 6. The van der Waals surface area contributed by atoms with Crippen LogP contribution in [0.1, 0.15) is 18.4 Å². The summed E-state index contributed by atoms with van der Waals surface area (Å²) in [4.78, 5) is 17.0. The van der Waals surface area contributed by atoms with E-state index >= 15 is 0 Å². The fourth-order valence-electron chi connectivity index (χ4n) is 3.82. The Balaban J connectivity index is 1.64. The highest BCUT2D eigenvalue weighted by Gasteiger charge is 2.41. The molecule has 29 heavy (non-hydrogen) atoms. The molecule has 2 aliphatic heterocycles. The number of amides is 1. The predicted molar refractivity (Wildman–Crippen MR) is 111 cm³/mol. The number of nitrogens with zero attached hydrogens (tertiary/aromatic N) is 3. The first-order chi connectivity index (χ1) is 13.6. The van der Waals surface area contributed by atoms with Gasteiger partial charge < -0.3 is 4.90 Å². The first-order valence-electron chi connectivity index (χ1n) is 9.85. The van der Waals surface area contributed by atoms with Crippen molar-refractivity contribution < 1.29 is 21.6 Å². The van der Waals surface area contributed by atoms with Gasteiger partial charge in [0.05, 0.1) is 10.6 Å². The van der Waals surface area contributed by atoms with Crippen molar-refractivity contribution in [2.24, 2.45) is 0 Å². The molecule has 0 bridgehead atoms. The number of sulfonamides is 1. The minimum absolute atomic E-state index is 0.103. The highest BCUT2D eigenvalue weighted by atomic mass is 32.2. The van der Waals surface area contributed by atoms with Crippen molar-refractivity contribution in [1.29, 1.82) is 0 Å². The van der Waals surface area contributed by atoms with E-state index in [-0.39, 0.29) is 16.6 Å². The minimum Gasteiger partial charge on any atom is -0.339 e. The number of piperazine rings is 1. The number of sulfone groups is 1. The zero-order valence-corrected chi connectivity index (χ0v) is 18.6. The Hall–Kier alpha value is -1.49. The van der Waals surface area contributed by atoms with Gasteiger partial charge in [-0.15, -0.1) is 0 Å². The van der Waals surface area contributed by atoms with E-state index in [1.807, 2.05) is 11.8 Å². The molecular formula is C19H29N3O5S2. The summed E-state index contributed by atoms with van der Waals surface area (Å²) in [5.74, 6) is -0.0486. The van der Waals surface area contributed by atoms with Crippen molar-refractivity contribution >= 4 is 25.8 Å². The summed E-state index contributed by atoms with van der Waals surface area (Å²) in [5, 5.41) is 0. The normalized spacial score (nSPS) is 22.1. The third-order valence-electron chi connectivity index (χ3n) is 5.58. The molecule has 8 nitrogen and oxygen atoms in total. The topological polar surface area (TPSA) is 95.1 Å². The fourth-order valence-corrected chi connectivity index (χ4v) is 6.06. The third-order valence-corrected chi connectivity index (χ3v) is 8.43. The predicted octanol–water partition coefficient (Wildman–Crippen LogP) is 0.337. The van der Waals surface area contributed by atoms with Crippen LogP contribution in [0.3, 0.4) is 0 Å². The Morgan fingerprint density at radius 3 is 2.21 bits per heavy atom. The largest absolute Gasteiger partial charge is 0.339 e. The van der Waals surface area contributed by atoms with Gasteiger partial charge in [-0.25, -0.2) is 16.8 Å². The highest BCUT2D eigenvalue weighted by molar-refractivity contribution is 7.90. The maximum atomic E-state index is 13.1. The maximum absolute atomic E-state index is 13.1. The van der Waals surface area contributed by atoms with Crippen LogP contribution in [0.25, 0.3) is 0 Å². The van der Waals surface area contributed by atoms with E-state index in [2.05, 4.69) is 0 Å². The fraction of sp³-hybridized carbons (Fsp3) is 0.632. The van der Waals surface area contributed by atoms with Gasteiger partial charge in [-0.1, -0.05) is 17.7 Å². The van der Waals surface area contributed by atoms with Crippen LogP contribution < -0.4 is 0 Å². The molecule has 0 aromatic heterocycles. The Morgan fingerprint density at radius 1 is 1.00 bits per heavy atom. The first-order valence-corrected chi connectivity index (χ1v) is 13.4. The van der Waals surface area contributed by atoms with E-state index < -0.39 is 25.9 Å². The van der Waals surface area contributed by atoms with Gasteiger partial charge >= 0.3 is 0 Å². The van der Waals surface area contributed by atoms with Crippen LogP contribution in [-0.4, -0.2) is 94.2 Å². The molecule has 1 aromatic carbocycles. The zero-order chi connectivity index (χ0) is 21.2. The lowest BCUT2D eigenvalue weighted by atomic mass is 10.2. The molecule has 2 fully saturated rings. The van der Waals surface area contributed by atoms with Gasteiger partial charge in [0.1, 0.15) is 15.9 Å². The molecule has 162 valence electrons. The monoisotopic (exact) mass is 443 g/mol. The Labute approximate surface area is 173 Å². The van der Waals surface area contributed by atoms with Gasteiger partial charge in [-0.05, 0) is 31.9 Å². The Kier molecular flexibility index (Phi) is 6.67. The van der Waals surface area contributed by atoms with Gasteiger partial charge in [-0.3, -0.25) is 9.69 Å². The van der Waals surface area contributed by atoms with Crippen LogP contribution in [0.15, 0.2) is 29.2 Å². The summed E-state index contributed by atoms with van der Waals surface area (Å²) in [6.07, 6.45) is 2.41. The second-order valence-electron chi connectivity index (χ2n) is 7.88. The molecule has 10 heteroatoms. The van der Waals surface area contributed by atoms with Gasteiger partial charge in [-0.2, -0.15) is 4.31 Å². The van der Waals surface area contributed by atoms with Crippen molar-refractivity contribution in [3.63, 3.8) is 0 Å². The smallest absolute Gasteiger partial charge is 0.243 e. The number of carbonyl (C=O) groups is 1. The number of hydrogen-bond donors (Lipinski definition) is 0. The van der Waals surface area contributed by atoms with Crippen molar-refractivity contribution in [2.75, 3.05) is 51.3 Å². The van der Waals surface area contributed by atoms with Gasteiger partial charge in [0.15, 0.2) is 0 Å². The molecule has 1 aromatic rings. The number of hydrogen-bond acceptors (Lipinski definition) is 6. The quantitative estimate of drug-likeness (QED) is 0.629. The summed E-state index contributed by atoms with van der Waals surface area (Å²) in [6, 6.07) is 6.03. The molecule has 1 atom stereocenters.